The van der Waals surface area contributed by atoms with E-state index >= 15 is 0 Å². The molecule has 0 saturated heterocycles. The molecular formula is C14H18Cl2F2. The molecule has 1 rings (SSSR count). The highest BCUT2D eigenvalue weighted by Gasteiger charge is 2.31. The Morgan fingerprint density at radius 1 is 1.17 bits per heavy atom. The molecule has 1 aromatic rings. The molecule has 0 radical (unpaired) electrons. The van der Waals surface area contributed by atoms with Gasteiger partial charge in [0.25, 0.3) is 0 Å². The van der Waals surface area contributed by atoms with E-state index in [0.29, 0.717) is 29.7 Å². The van der Waals surface area contributed by atoms with E-state index < -0.39 is 11.6 Å². The van der Waals surface area contributed by atoms with Gasteiger partial charge in [-0.1, -0.05) is 26.0 Å². The molecule has 0 atom stereocenters. The van der Waals surface area contributed by atoms with Gasteiger partial charge in [-0.15, -0.1) is 23.2 Å². The smallest absolute Gasteiger partial charge is 0.162 e. The van der Waals surface area contributed by atoms with Gasteiger partial charge in [0, 0.05) is 17.2 Å². The zero-order valence-electron chi connectivity index (χ0n) is 10.6. The number of benzene rings is 1. The lowest BCUT2D eigenvalue weighted by Gasteiger charge is -2.31. The fourth-order valence-electron chi connectivity index (χ4n) is 2.27. The molecule has 0 aliphatic carbocycles. The van der Waals surface area contributed by atoms with Gasteiger partial charge in [0.1, 0.15) is 0 Å². The van der Waals surface area contributed by atoms with Gasteiger partial charge < -0.3 is 0 Å². The first kappa shape index (κ1) is 15.7. The highest BCUT2D eigenvalue weighted by Crippen LogP contribution is 2.34. The van der Waals surface area contributed by atoms with Gasteiger partial charge in [0.2, 0.25) is 0 Å². The third-order valence-electron chi connectivity index (χ3n) is 3.01. The highest BCUT2D eigenvalue weighted by atomic mass is 35.5. The Morgan fingerprint density at radius 3 is 2.28 bits per heavy atom. The van der Waals surface area contributed by atoms with Gasteiger partial charge in [-0.25, -0.2) is 8.78 Å². The van der Waals surface area contributed by atoms with Crippen molar-refractivity contribution in [3.63, 3.8) is 0 Å². The van der Waals surface area contributed by atoms with E-state index in [-0.39, 0.29) is 5.41 Å². The fraction of sp³-hybridized carbons (Fsp3) is 0.571. The minimum Gasteiger partial charge on any atom is -0.204 e. The standard InChI is InChI=1S/C14H18Cl2F2/c1-10(2)6-14(8-15,9-16)7-11-4-3-5-12(17)13(11)18/h3-5,10H,6-9H2,1-2H3. The van der Waals surface area contributed by atoms with E-state index in [9.17, 15) is 8.78 Å². The van der Waals surface area contributed by atoms with E-state index in [1.165, 1.54) is 6.07 Å². The fourth-order valence-corrected chi connectivity index (χ4v) is 2.96. The first-order valence-corrected chi connectivity index (χ1v) is 7.06. The predicted molar refractivity (Wildman–Crippen MR) is 73.4 cm³/mol. The number of alkyl halides is 2. The number of hydrogen-bond donors (Lipinski definition) is 0. The molecule has 0 spiro atoms. The van der Waals surface area contributed by atoms with Crippen molar-refractivity contribution in [1.82, 2.24) is 0 Å². The summed E-state index contributed by atoms with van der Waals surface area (Å²) in [7, 11) is 0. The van der Waals surface area contributed by atoms with Crippen molar-refractivity contribution in [2.45, 2.75) is 26.7 Å². The van der Waals surface area contributed by atoms with Gasteiger partial charge in [-0.05, 0) is 30.4 Å². The molecule has 0 saturated carbocycles. The van der Waals surface area contributed by atoms with Crippen LogP contribution < -0.4 is 0 Å². The van der Waals surface area contributed by atoms with Crippen LogP contribution in [0.4, 0.5) is 8.78 Å². The van der Waals surface area contributed by atoms with E-state index in [2.05, 4.69) is 13.8 Å². The molecule has 0 aliphatic rings. The second-order valence-electron chi connectivity index (χ2n) is 5.25. The quantitative estimate of drug-likeness (QED) is 0.647. The van der Waals surface area contributed by atoms with E-state index in [1.807, 2.05) is 0 Å². The van der Waals surface area contributed by atoms with Crippen LogP contribution in [0.1, 0.15) is 25.8 Å². The lowest BCUT2D eigenvalue weighted by molar-refractivity contribution is 0.291. The lowest BCUT2D eigenvalue weighted by Crippen LogP contribution is -2.30. The topological polar surface area (TPSA) is 0 Å². The third-order valence-corrected chi connectivity index (χ3v) is 4.14. The van der Waals surface area contributed by atoms with Crippen LogP contribution in [0.25, 0.3) is 0 Å². The number of halogens is 4. The third kappa shape index (κ3) is 3.83. The average molecular weight is 295 g/mol. The molecule has 0 fully saturated rings. The molecule has 0 amide bonds. The van der Waals surface area contributed by atoms with E-state index in [1.54, 1.807) is 6.07 Å². The summed E-state index contributed by atoms with van der Waals surface area (Å²) >= 11 is 12.0. The minimum absolute atomic E-state index is 0.338. The first-order chi connectivity index (χ1) is 8.44. The molecule has 102 valence electrons. The number of rotatable bonds is 6. The Kier molecular flexibility index (Phi) is 5.87. The minimum atomic E-state index is -0.824. The van der Waals surface area contributed by atoms with Gasteiger partial charge in [0.05, 0.1) is 0 Å². The summed E-state index contributed by atoms with van der Waals surface area (Å²) in [5.74, 6) is -0.537. The zero-order valence-corrected chi connectivity index (χ0v) is 12.2. The largest absolute Gasteiger partial charge is 0.204 e. The molecule has 0 aromatic heterocycles. The normalized spacial score (nSPS) is 12.2. The second-order valence-corrected chi connectivity index (χ2v) is 5.79. The summed E-state index contributed by atoms with van der Waals surface area (Å²) < 4.78 is 26.9. The van der Waals surface area contributed by atoms with Crippen LogP contribution in [0.5, 0.6) is 0 Å². The van der Waals surface area contributed by atoms with Crippen LogP contribution in [0, 0.1) is 23.0 Å². The molecule has 0 heterocycles. The first-order valence-electron chi connectivity index (χ1n) is 5.99. The molecule has 4 heteroatoms. The summed E-state index contributed by atoms with van der Waals surface area (Å²) in [6.07, 6.45) is 1.15. The maximum absolute atomic E-state index is 13.7. The van der Waals surface area contributed by atoms with E-state index in [0.717, 1.165) is 12.5 Å². The van der Waals surface area contributed by atoms with Crippen LogP contribution in [0.3, 0.4) is 0 Å². The van der Waals surface area contributed by atoms with Crippen LogP contribution in [0.2, 0.25) is 0 Å². The SMILES string of the molecule is CC(C)CC(CCl)(CCl)Cc1cccc(F)c1F. The van der Waals surface area contributed by atoms with Gasteiger partial charge >= 0.3 is 0 Å². The van der Waals surface area contributed by atoms with Crippen LogP contribution in [-0.2, 0) is 6.42 Å². The van der Waals surface area contributed by atoms with Crippen LogP contribution >= 0.6 is 23.2 Å². The van der Waals surface area contributed by atoms with Crippen molar-refractivity contribution in [2.75, 3.05) is 11.8 Å². The van der Waals surface area contributed by atoms with E-state index in [4.69, 9.17) is 23.2 Å². The van der Waals surface area contributed by atoms with Crippen LogP contribution in [0.15, 0.2) is 18.2 Å². The van der Waals surface area contributed by atoms with Crippen LogP contribution in [-0.4, -0.2) is 11.8 Å². The summed E-state index contributed by atoms with van der Waals surface area (Å²) in [5, 5.41) is 0. The maximum Gasteiger partial charge on any atom is 0.162 e. The highest BCUT2D eigenvalue weighted by molar-refractivity contribution is 6.21. The Hall–Kier alpha value is -0.340. The predicted octanol–water partition coefficient (Wildman–Crippen LogP) is 5.02. The van der Waals surface area contributed by atoms with Crippen molar-refractivity contribution in [3.8, 4) is 0 Å². The van der Waals surface area contributed by atoms with Crippen molar-refractivity contribution < 1.29 is 8.78 Å². The summed E-state index contributed by atoms with van der Waals surface area (Å²) in [6, 6.07) is 4.22. The molecule has 1 aromatic carbocycles. The van der Waals surface area contributed by atoms with Crippen molar-refractivity contribution in [2.24, 2.45) is 11.3 Å². The van der Waals surface area contributed by atoms with Crippen molar-refractivity contribution >= 4 is 23.2 Å². The molecular weight excluding hydrogens is 277 g/mol. The monoisotopic (exact) mass is 294 g/mol. The molecule has 0 bridgehead atoms. The average Bonchev–Trinajstić information content (AvgIpc) is 2.33. The molecule has 18 heavy (non-hydrogen) atoms. The summed E-state index contributed by atoms with van der Waals surface area (Å²) in [6.45, 7) is 4.13. The van der Waals surface area contributed by atoms with Gasteiger partial charge in [-0.3, -0.25) is 0 Å². The molecule has 0 unspecified atom stereocenters. The maximum atomic E-state index is 13.7. The molecule has 0 N–H and O–H groups in total. The Labute approximate surface area is 117 Å². The zero-order chi connectivity index (χ0) is 13.8. The molecule has 0 nitrogen and oxygen atoms in total. The second kappa shape index (κ2) is 6.72. The Balaban J connectivity index is 2.99. The lowest BCUT2D eigenvalue weighted by atomic mass is 9.78. The van der Waals surface area contributed by atoms with Crippen molar-refractivity contribution in [1.29, 1.82) is 0 Å². The van der Waals surface area contributed by atoms with Gasteiger partial charge in [0.15, 0.2) is 11.6 Å². The number of hydrogen-bond acceptors (Lipinski definition) is 0. The summed E-state index contributed by atoms with van der Waals surface area (Å²) in [4.78, 5) is 0. The Bertz CT molecular complexity index is 387. The van der Waals surface area contributed by atoms with Crippen molar-refractivity contribution in [3.05, 3.63) is 35.4 Å². The molecule has 0 aliphatic heterocycles. The summed E-state index contributed by atoms with van der Waals surface area (Å²) in [5.41, 5.74) is -0.0386. The Morgan fingerprint density at radius 2 is 1.78 bits per heavy atom. The van der Waals surface area contributed by atoms with Gasteiger partial charge in [-0.2, -0.15) is 0 Å².